The number of amides is 4. The average molecular weight is 806 g/mol. The van der Waals surface area contributed by atoms with Crippen LogP contribution in [-0.4, -0.2) is 90.7 Å². The van der Waals surface area contributed by atoms with Crippen molar-refractivity contribution in [3.05, 3.63) is 45.7 Å². The van der Waals surface area contributed by atoms with Crippen LogP contribution in [0.3, 0.4) is 0 Å². The topological polar surface area (TPSA) is 312 Å². The van der Waals surface area contributed by atoms with Crippen LogP contribution in [-0.2, 0) is 119 Å². The summed E-state index contributed by atoms with van der Waals surface area (Å²) < 4.78 is 21.6. The van der Waals surface area contributed by atoms with Crippen molar-refractivity contribution >= 4 is 53.6 Å². The largest absolute Gasteiger partial charge is 0.632 e. The SMILES string of the molecule is COC(=O)C(CC(C)=O)OC([NH-])=O.COC(=O)C(CC(C)=O)OC([NH-])=O.[CH2-]C(=O)OCCc1c(C)nc(NC([NH-])=O)[nH]c1=O.[Y].[Y]. The van der Waals surface area contributed by atoms with Gasteiger partial charge in [-0.3, -0.25) is 40.5 Å². The summed E-state index contributed by atoms with van der Waals surface area (Å²) in [6, 6.07) is -1.07. The minimum atomic E-state index is -1.36. The van der Waals surface area contributed by atoms with E-state index in [1.54, 1.807) is 6.92 Å². The Morgan fingerprint density at radius 1 is 0.848 bits per heavy atom. The number of esters is 3. The van der Waals surface area contributed by atoms with E-state index in [-0.39, 0.29) is 109 Å². The van der Waals surface area contributed by atoms with Crippen LogP contribution in [0.15, 0.2) is 4.79 Å². The smallest absolute Gasteiger partial charge is 0.347 e. The van der Waals surface area contributed by atoms with Crippen LogP contribution in [0.25, 0.3) is 17.2 Å². The summed E-state index contributed by atoms with van der Waals surface area (Å²) in [5, 5.41) is 2.05. The molecular formula is C24H32N6O14Y2-4. The van der Waals surface area contributed by atoms with Crippen LogP contribution >= 0.6 is 0 Å². The number of ketones is 2. The Kier molecular flexibility index (Phi) is 28.7. The molecule has 0 saturated heterocycles. The van der Waals surface area contributed by atoms with Crippen molar-refractivity contribution in [1.29, 1.82) is 0 Å². The third-order valence-corrected chi connectivity index (χ3v) is 4.44. The first kappa shape index (κ1) is 49.4. The second-order valence-electron chi connectivity index (χ2n) is 8.05. The van der Waals surface area contributed by atoms with Gasteiger partial charge in [-0.05, 0) is 20.8 Å². The first-order chi connectivity index (χ1) is 20.3. The van der Waals surface area contributed by atoms with E-state index in [2.05, 4.69) is 45.9 Å². The molecule has 0 spiro atoms. The van der Waals surface area contributed by atoms with Gasteiger partial charge in [0, 0.05) is 83.1 Å². The number of nitrogens with zero attached hydrogens (tertiary/aromatic N) is 1. The second-order valence-corrected chi connectivity index (χ2v) is 8.05. The number of ether oxygens (including phenoxy) is 5. The monoisotopic (exact) mass is 806 g/mol. The molecule has 5 N–H and O–H groups in total. The number of anilines is 1. The Balaban J connectivity index is -0.000000288. The van der Waals surface area contributed by atoms with E-state index in [4.69, 9.17) is 17.2 Å². The van der Waals surface area contributed by atoms with Gasteiger partial charge in [-0.1, -0.05) is 0 Å². The van der Waals surface area contributed by atoms with Crippen molar-refractivity contribution in [3.8, 4) is 0 Å². The molecule has 46 heavy (non-hydrogen) atoms. The summed E-state index contributed by atoms with van der Waals surface area (Å²) in [5.41, 5.74) is 19.9. The first-order valence-electron chi connectivity index (χ1n) is 11.9. The summed E-state index contributed by atoms with van der Waals surface area (Å²) in [7, 11) is 2.21. The molecule has 0 aromatic carbocycles. The molecule has 1 heterocycles. The van der Waals surface area contributed by atoms with Crippen LogP contribution < -0.4 is 10.9 Å². The quantitative estimate of drug-likeness (QED) is 0.173. The molecule has 0 saturated carbocycles. The van der Waals surface area contributed by atoms with E-state index < -0.39 is 53.9 Å². The van der Waals surface area contributed by atoms with Gasteiger partial charge in [-0.2, -0.15) is 0 Å². The Bertz CT molecular complexity index is 1190. The van der Waals surface area contributed by atoms with E-state index in [0.29, 0.717) is 11.3 Å². The van der Waals surface area contributed by atoms with Crippen LogP contribution in [0.1, 0.15) is 37.9 Å². The number of Topliss-reactive ketones (excluding diaryl/α,β-unsaturated/α-hetero) is 2. The Labute approximate surface area is 313 Å². The number of carbonyl (C=O) groups is 8. The zero-order chi connectivity index (χ0) is 34.6. The number of aryl methyl sites for hydroxylation is 1. The summed E-state index contributed by atoms with van der Waals surface area (Å²) in [6.07, 6.45) is -5.66. The Hall–Kier alpha value is -3.48. The molecule has 0 bridgehead atoms. The van der Waals surface area contributed by atoms with Gasteiger partial charge in [-0.15, -0.1) is 0 Å². The third kappa shape index (κ3) is 24.8. The maximum Gasteiger partial charge on any atom is 0.347 e. The Morgan fingerprint density at radius 3 is 1.54 bits per heavy atom. The molecule has 1 rings (SSSR count). The zero-order valence-electron chi connectivity index (χ0n) is 25.5. The normalized spacial score (nSPS) is 10.4. The molecule has 20 nitrogen and oxygen atoms in total. The van der Waals surface area contributed by atoms with Crippen LogP contribution in [0, 0.1) is 13.8 Å². The van der Waals surface area contributed by atoms with Crippen LogP contribution in [0.4, 0.5) is 20.3 Å². The number of nitrogens with one attached hydrogen (secondary N) is 5. The number of carbonyl (C=O) groups excluding carboxylic acids is 8. The summed E-state index contributed by atoms with van der Waals surface area (Å²) in [6.45, 7) is 7.12. The van der Waals surface area contributed by atoms with Gasteiger partial charge in [-0.25, -0.2) is 14.6 Å². The third-order valence-electron chi connectivity index (χ3n) is 4.44. The number of methoxy groups -OCH3 is 2. The minimum Gasteiger partial charge on any atom is -0.632 e. The number of rotatable bonds is 12. The fourth-order valence-electron chi connectivity index (χ4n) is 2.73. The number of aromatic amines is 1. The summed E-state index contributed by atoms with van der Waals surface area (Å²) in [5.74, 6) is -3.08. The van der Waals surface area contributed by atoms with Gasteiger partial charge in [0.2, 0.25) is 24.4 Å². The number of hydrogen-bond acceptors (Lipinski definition) is 15. The molecule has 0 aliphatic rings. The van der Waals surface area contributed by atoms with Crippen molar-refractivity contribution in [2.75, 3.05) is 26.1 Å². The maximum absolute atomic E-state index is 11.7. The number of H-pyrrole nitrogens is 1. The predicted octanol–water partition coefficient (Wildman–Crippen LogP) is 1.97. The molecule has 2 radical (unpaired) electrons. The van der Waals surface area contributed by atoms with Gasteiger partial charge < -0.3 is 51.2 Å². The zero-order valence-corrected chi connectivity index (χ0v) is 31.2. The fraction of sp³-hybridized carbons (Fsp3) is 0.458. The maximum atomic E-state index is 11.7. The van der Waals surface area contributed by atoms with Crippen molar-refractivity contribution in [2.24, 2.45) is 0 Å². The van der Waals surface area contributed by atoms with Crippen molar-refractivity contribution < 1.29 is 127 Å². The van der Waals surface area contributed by atoms with E-state index in [1.807, 2.05) is 0 Å². The number of urea groups is 1. The summed E-state index contributed by atoms with van der Waals surface area (Å²) >= 11 is 0. The van der Waals surface area contributed by atoms with Crippen molar-refractivity contribution in [3.63, 3.8) is 0 Å². The molecule has 1 aromatic heterocycles. The Morgan fingerprint density at radius 2 is 1.26 bits per heavy atom. The average Bonchev–Trinajstić information content (AvgIpc) is 2.87. The first-order valence-corrected chi connectivity index (χ1v) is 11.9. The second kappa shape index (κ2) is 26.7. The van der Waals surface area contributed by atoms with E-state index in [1.165, 1.54) is 13.8 Å². The van der Waals surface area contributed by atoms with Crippen molar-refractivity contribution in [2.45, 2.75) is 52.2 Å². The van der Waals surface area contributed by atoms with Gasteiger partial charge in [0.15, 0.2) is 12.0 Å². The van der Waals surface area contributed by atoms with Gasteiger partial charge in [0.05, 0.1) is 33.7 Å². The molecule has 0 aliphatic heterocycles. The summed E-state index contributed by atoms with van der Waals surface area (Å²) in [4.78, 5) is 102. The standard InChI is InChI=1S/C10H13N4O4.2C7H11NO5.2Y/c1-5-7(3-4-18-6(2)15)8(16)13-10(12-5)14-9(11)17;2*1-4(9)3-5(6(10)12-2)13-7(8)11;;/h2-4H2,1H3,(H4,11,12,13,14,16,17);2*5H,3H2,1-2H3,(H2,8,11);;/q-1;;;;/p-3. The molecule has 0 aliphatic carbocycles. The van der Waals surface area contributed by atoms with E-state index >= 15 is 0 Å². The fourth-order valence-corrected chi connectivity index (χ4v) is 2.73. The van der Waals surface area contributed by atoms with Crippen molar-refractivity contribution in [1.82, 2.24) is 9.97 Å². The van der Waals surface area contributed by atoms with E-state index in [9.17, 15) is 43.2 Å². The molecule has 2 unspecified atom stereocenters. The molecule has 2 atom stereocenters. The van der Waals surface area contributed by atoms with Gasteiger partial charge in [0.1, 0.15) is 17.5 Å². The molecular weight excluding hydrogens is 774 g/mol. The molecule has 252 valence electrons. The van der Waals surface area contributed by atoms with Crippen LogP contribution in [0.2, 0.25) is 0 Å². The predicted molar refractivity (Wildman–Crippen MR) is 147 cm³/mol. The molecule has 1 aromatic rings. The number of aromatic nitrogens is 2. The molecule has 0 fully saturated rings. The van der Waals surface area contributed by atoms with Gasteiger partial charge in [0.25, 0.3) is 5.56 Å². The molecule has 22 heteroatoms. The molecule has 4 amide bonds. The minimum absolute atomic E-state index is 0. The number of hydrogen-bond donors (Lipinski definition) is 2. The van der Waals surface area contributed by atoms with E-state index in [0.717, 1.165) is 14.2 Å². The van der Waals surface area contributed by atoms with Gasteiger partial charge >= 0.3 is 11.9 Å². The van der Waals surface area contributed by atoms with Crippen LogP contribution in [0.5, 0.6) is 0 Å².